The van der Waals surface area contributed by atoms with Gasteiger partial charge in [0.05, 0.1) is 6.04 Å². The first-order chi connectivity index (χ1) is 9.02. The Morgan fingerprint density at radius 2 is 1.95 bits per heavy atom. The van der Waals surface area contributed by atoms with E-state index in [9.17, 15) is 9.59 Å². The van der Waals surface area contributed by atoms with E-state index in [1.54, 1.807) is 0 Å². The van der Waals surface area contributed by atoms with E-state index in [4.69, 9.17) is 5.11 Å². The van der Waals surface area contributed by atoms with Gasteiger partial charge in [0.2, 0.25) is 5.91 Å². The molecule has 0 aromatic heterocycles. The summed E-state index contributed by atoms with van der Waals surface area (Å²) in [6, 6.07) is 7.17. The summed E-state index contributed by atoms with van der Waals surface area (Å²) in [7, 11) is 0. The first-order valence-corrected chi connectivity index (χ1v) is 7.03. The Hall–Kier alpha value is -1.05. The standard InChI is InChI=1S/C12H15BrN2O3S/c13-9-3-1-8(2-4-9)5-14-10(7-19)12(18)15-6-11(16)17/h1-4,10,14,19H,5-7H2,(H,15,18)(H,16,17)/t10-/m0/s1. The number of carbonyl (C=O) groups excluding carboxylic acids is 1. The van der Waals surface area contributed by atoms with Gasteiger partial charge in [-0.15, -0.1) is 0 Å². The summed E-state index contributed by atoms with van der Waals surface area (Å²) in [6.45, 7) is 0.127. The summed E-state index contributed by atoms with van der Waals surface area (Å²) in [6.07, 6.45) is 0. The molecule has 0 aliphatic rings. The summed E-state index contributed by atoms with van der Waals surface area (Å²) in [4.78, 5) is 22.0. The second-order valence-electron chi connectivity index (χ2n) is 3.85. The third-order valence-corrected chi connectivity index (χ3v) is 3.27. The van der Waals surface area contributed by atoms with Crippen molar-refractivity contribution in [2.24, 2.45) is 0 Å². The normalized spacial score (nSPS) is 11.9. The van der Waals surface area contributed by atoms with Crippen LogP contribution in [0.5, 0.6) is 0 Å². The van der Waals surface area contributed by atoms with E-state index in [1.807, 2.05) is 24.3 Å². The third kappa shape index (κ3) is 6.09. The van der Waals surface area contributed by atoms with Gasteiger partial charge in [-0.2, -0.15) is 12.6 Å². The Kier molecular flexibility index (Phi) is 6.90. The molecule has 3 N–H and O–H groups in total. The SMILES string of the molecule is O=C(O)CNC(=O)[C@H](CS)NCc1ccc(Br)cc1. The summed E-state index contributed by atoms with van der Waals surface area (Å²) in [5, 5.41) is 13.8. The van der Waals surface area contributed by atoms with E-state index in [-0.39, 0.29) is 12.5 Å². The molecule has 0 bridgehead atoms. The van der Waals surface area contributed by atoms with Crippen LogP contribution < -0.4 is 10.6 Å². The average Bonchev–Trinajstić information content (AvgIpc) is 2.39. The Morgan fingerprint density at radius 3 is 2.47 bits per heavy atom. The maximum absolute atomic E-state index is 11.7. The molecule has 1 rings (SSSR count). The molecule has 0 heterocycles. The van der Waals surface area contributed by atoms with Crippen molar-refractivity contribution >= 4 is 40.4 Å². The molecule has 1 atom stereocenters. The zero-order valence-electron chi connectivity index (χ0n) is 10.1. The maximum Gasteiger partial charge on any atom is 0.322 e. The molecular formula is C12H15BrN2O3S. The molecule has 7 heteroatoms. The van der Waals surface area contributed by atoms with Crippen molar-refractivity contribution in [2.75, 3.05) is 12.3 Å². The quantitative estimate of drug-likeness (QED) is 0.556. The van der Waals surface area contributed by atoms with Gasteiger partial charge >= 0.3 is 5.97 Å². The van der Waals surface area contributed by atoms with Gasteiger partial charge in [0.25, 0.3) is 0 Å². The zero-order chi connectivity index (χ0) is 14.3. The molecule has 0 unspecified atom stereocenters. The van der Waals surface area contributed by atoms with Crippen LogP contribution in [-0.2, 0) is 16.1 Å². The number of benzene rings is 1. The number of hydrogen-bond donors (Lipinski definition) is 4. The van der Waals surface area contributed by atoms with Gasteiger partial charge in [-0.3, -0.25) is 9.59 Å². The zero-order valence-corrected chi connectivity index (χ0v) is 12.6. The fourth-order valence-corrected chi connectivity index (χ4v) is 1.93. The molecule has 1 aromatic rings. The van der Waals surface area contributed by atoms with Crippen LogP contribution in [0.15, 0.2) is 28.7 Å². The van der Waals surface area contributed by atoms with Gasteiger partial charge < -0.3 is 15.7 Å². The van der Waals surface area contributed by atoms with Gasteiger partial charge in [-0.25, -0.2) is 0 Å². The molecular weight excluding hydrogens is 332 g/mol. The van der Waals surface area contributed by atoms with Crippen molar-refractivity contribution in [2.45, 2.75) is 12.6 Å². The Labute approximate surface area is 125 Å². The first kappa shape index (κ1) is 16.0. The van der Waals surface area contributed by atoms with Crippen LogP contribution in [0.25, 0.3) is 0 Å². The average molecular weight is 347 g/mol. The fourth-order valence-electron chi connectivity index (χ4n) is 1.37. The maximum atomic E-state index is 11.7. The number of amides is 1. The molecule has 0 fully saturated rings. The highest BCUT2D eigenvalue weighted by atomic mass is 79.9. The van der Waals surface area contributed by atoms with Gasteiger partial charge in [0, 0.05) is 16.8 Å². The number of hydrogen-bond acceptors (Lipinski definition) is 4. The van der Waals surface area contributed by atoms with E-state index < -0.39 is 12.0 Å². The van der Waals surface area contributed by atoms with Crippen LogP contribution >= 0.6 is 28.6 Å². The molecule has 1 aromatic carbocycles. The van der Waals surface area contributed by atoms with E-state index in [0.29, 0.717) is 12.3 Å². The highest BCUT2D eigenvalue weighted by molar-refractivity contribution is 9.10. The lowest BCUT2D eigenvalue weighted by Crippen LogP contribution is -2.46. The van der Waals surface area contributed by atoms with E-state index in [1.165, 1.54) is 0 Å². The molecule has 0 saturated carbocycles. The number of carbonyl (C=O) groups is 2. The molecule has 5 nitrogen and oxygen atoms in total. The highest BCUT2D eigenvalue weighted by Gasteiger charge is 2.16. The van der Waals surface area contributed by atoms with Crippen LogP contribution in [0.4, 0.5) is 0 Å². The van der Waals surface area contributed by atoms with Crippen molar-refractivity contribution < 1.29 is 14.7 Å². The van der Waals surface area contributed by atoms with Crippen LogP contribution in [0.1, 0.15) is 5.56 Å². The predicted octanol–water partition coefficient (Wildman–Crippen LogP) is 1.04. The van der Waals surface area contributed by atoms with Gasteiger partial charge in [0.1, 0.15) is 6.54 Å². The monoisotopic (exact) mass is 346 g/mol. The van der Waals surface area contributed by atoms with Crippen LogP contribution in [0.3, 0.4) is 0 Å². The van der Waals surface area contributed by atoms with Gasteiger partial charge in [0.15, 0.2) is 0 Å². The molecule has 0 radical (unpaired) electrons. The predicted molar refractivity (Wildman–Crippen MR) is 79.3 cm³/mol. The number of carboxylic acid groups (broad SMARTS) is 1. The molecule has 104 valence electrons. The Morgan fingerprint density at radius 1 is 1.32 bits per heavy atom. The van der Waals surface area contributed by atoms with Crippen molar-refractivity contribution in [3.8, 4) is 0 Å². The number of nitrogens with one attached hydrogen (secondary N) is 2. The van der Waals surface area contributed by atoms with Crippen LogP contribution in [-0.4, -0.2) is 35.3 Å². The highest BCUT2D eigenvalue weighted by Crippen LogP contribution is 2.10. The summed E-state index contributed by atoms with van der Waals surface area (Å²) in [5.74, 6) is -1.14. The van der Waals surface area contributed by atoms with E-state index in [2.05, 4.69) is 39.2 Å². The summed E-state index contributed by atoms with van der Waals surface area (Å²) in [5.41, 5.74) is 1.03. The number of thiol groups is 1. The van der Waals surface area contributed by atoms with Crippen molar-refractivity contribution in [3.05, 3.63) is 34.3 Å². The van der Waals surface area contributed by atoms with E-state index in [0.717, 1.165) is 10.0 Å². The van der Waals surface area contributed by atoms with Gasteiger partial charge in [-0.05, 0) is 17.7 Å². The lowest BCUT2D eigenvalue weighted by Gasteiger charge is -2.15. The topological polar surface area (TPSA) is 78.4 Å². The lowest BCUT2D eigenvalue weighted by atomic mass is 10.2. The molecule has 0 saturated heterocycles. The largest absolute Gasteiger partial charge is 0.480 e. The van der Waals surface area contributed by atoms with Crippen molar-refractivity contribution in [1.82, 2.24) is 10.6 Å². The van der Waals surface area contributed by atoms with E-state index >= 15 is 0 Å². The minimum Gasteiger partial charge on any atom is -0.480 e. The number of aliphatic carboxylic acids is 1. The molecule has 0 spiro atoms. The molecule has 0 aliphatic heterocycles. The number of carboxylic acids is 1. The van der Waals surface area contributed by atoms with Gasteiger partial charge in [-0.1, -0.05) is 28.1 Å². The molecule has 1 amide bonds. The second kappa shape index (κ2) is 8.19. The third-order valence-electron chi connectivity index (χ3n) is 2.38. The van der Waals surface area contributed by atoms with Crippen LogP contribution in [0, 0.1) is 0 Å². The minimum absolute atomic E-state index is 0.294. The fraction of sp³-hybridized carbons (Fsp3) is 0.333. The van der Waals surface area contributed by atoms with Crippen LogP contribution in [0.2, 0.25) is 0 Å². The first-order valence-electron chi connectivity index (χ1n) is 5.61. The van der Waals surface area contributed by atoms with Crippen molar-refractivity contribution in [1.29, 1.82) is 0 Å². The second-order valence-corrected chi connectivity index (χ2v) is 5.13. The smallest absolute Gasteiger partial charge is 0.322 e. The minimum atomic E-state index is -1.07. The summed E-state index contributed by atoms with van der Waals surface area (Å²) >= 11 is 7.43. The lowest BCUT2D eigenvalue weighted by molar-refractivity contribution is -0.138. The molecule has 19 heavy (non-hydrogen) atoms. The molecule has 0 aliphatic carbocycles. The Bertz CT molecular complexity index is 439. The summed E-state index contributed by atoms with van der Waals surface area (Å²) < 4.78 is 0.987. The Balaban J connectivity index is 2.45. The number of rotatable bonds is 7. The number of halogens is 1. The van der Waals surface area contributed by atoms with Crippen molar-refractivity contribution in [3.63, 3.8) is 0 Å².